The average molecular weight is 245 g/mol. The minimum atomic E-state index is -2.83. The number of rotatable bonds is 7. The Balaban J connectivity index is 2.32. The summed E-state index contributed by atoms with van der Waals surface area (Å²) in [5.74, 6) is -0.747. The van der Waals surface area contributed by atoms with Crippen molar-refractivity contribution in [2.75, 3.05) is 11.9 Å². The Labute approximate surface area is 97.2 Å². The quantitative estimate of drug-likeness (QED) is 0.725. The summed E-state index contributed by atoms with van der Waals surface area (Å²) in [6.45, 7) is -2.31. The van der Waals surface area contributed by atoms with Gasteiger partial charge in [0.25, 0.3) is 0 Å². The Morgan fingerprint density at radius 2 is 2.00 bits per heavy atom. The number of halogens is 2. The highest BCUT2D eigenvalue weighted by Gasteiger charge is 2.03. The van der Waals surface area contributed by atoms with Gasteiger partial charge >= 0.3 is 12.6 Å². The lowest BCUT2D eigenvalue weighted by Crippen LogP contribution is -2.05. The van der Waals surface area contributed by atoms with Gasteiger partial charge in [0, 0.05) is 18.7 Å². The highest BCUT2D eigenvalue weighted by molar-refractivity contribution is 5.66. The lowest BCUT2D eigenvalue weighted by molar-refractivity contribution is -0.137. The number of alkyl halides is 2. The summed E-state index contributed by atoms with van der Waals surface area (Å²) in [7, 11) is 0. The molecule has 0 unspecified atom stereocenters. The molecule has 1 aromatic rings. The number of benzene rings is 1. The number of ether oxygens (including phenoxy) is 1. The third-order valence-electron chi connectivity index (χ3n) is 1.98. The van der Waals surface area contributed by atoms with E-state index >= 15 is 0 Å². The second-order valence-electron chi connectivity index (χ2n) is 3.33. The van der Waals surface area contributed by atoms with Crippen LogP contribution in [0.4, 0.5) is 14.5 Å². The maximum absolute atomic E-state index is 11.9. The normalized spacial score (nSPS) is 10.3. The molecule has 0 aliphatic carbocycles. The van der Waals surface area contributed by atoms with E-state index in [-0.39, 0.29) is 12.2 Å². The molecule has 0 bridgehead atoms. The van der Waals surface area contributed by atoms with Crippen molar-refractivity contribution in [2.45, 2.75) is 19.5 Å². The van der Waals surface area contributed by atoms with Gasteiger partial charge in [-0.3, -0.25) is 4.79 Å². The van der Waals surface area contributed by atoms with Crippen molar-refractivity contribution in [3.05, 3.63) is 24.3 Å². The van der Waals surface area contributed by atoms with Crippen molar-refractivity contribution in [3.8, 4) is 5.75 Å². The lowest BCUT2D eigenvalue weighted by atomic mass is 10.2. The molecule has 0 saturated heterocycles. The highest BCUT2D eigenvalue weighted by Crippen LogP contribution is 2.17. The predicted molar refractivity (Wildman–Crippen MR) is 58.4 cm³/mol. The van der Waals surface area contributed by atoms with Crippen LogP contribution < -0.4 is 10.1 Å². The fourth-order valence-electron chi connectivity index (χ4n) is 1.23. The van der Waals surface area contributed by atoms with Crippen LogP contribution in [-0.4, -0.2) is 24.2 Å². The molecule has 0 aliphatic rings. The molecule has 0 saturated carbocycles. The number of anilines is 1. The van der Waals surface area contributed by atoms with Gasteiger partial charge in [0.15, 0.2) is 0 Å². The van der Waals surface area contributed by atoms with Crippen molar-refractivity contribution in [2.24, 2.45) is 0 Å². The van der Waals surface area contributed by atoms with Crippen molar-refractivity contribution in [1.29, 1.82) is 0 Å². The van der Waals surface area contributed by atoms with E-state index in [1.54, 1.807) is 12.1 Å². The summed E-state index contributed by atoms with van der Waals surface area (Å²) in [6.07, 6.45) is 0.601. The monoisotopic (exact) mass is 245 g/mol. The van der Waals surface area contributed by atoms with Crippen LogP contribution in [0, 0.1) is 0 Å². The summed E-state index contributed by atoms with van der Waals surface area (Å²) in [6, 6.07) is 6.04. The van der Waals surface area contributed by atoms with Gasteiger partial charge in [-0.2, -0.15) is 8.78 Å². The molecule has 6 heteroatoms. The average Bonchev–Trinajstić information content (AvgIpc) is 2.25. The predicted octanol–water partition coefficient (Wildman–Crippen LogP) is 2.56. The van der Waals surface area contributed by atoms with Crippen molar-refractivity contribution < 1.29 is 23.4 Å². The van der Waals surface area contributed by atoms with E-state index < -0.39 is 12.6 Å². The molecule has 0 amide bonds. The van der Waals surface area contributed by atoms with E-state index in [2.05, 4.69) is 10.1 Å². The van der Waals surface area contributed by atoms with Gasteiger partial charge in [-0.25, -0.2) is 0 Å². The molecule has 1 rings (SSSR count). The van der Waals surface area contributed by atoms with Crippen LogP contribution >= 0.6 is 0 Å². The first-order valence-electron chi connectivity index (χ1n) is 5.08. The first-order valence-corrected chi connectivity index (χ1v) is 5.08. The molecular formula is C11H13F2NO3. The van der Waals surface area contributed by atoms with Crippen molar-refractivity contribution in [1.82, 2.24) is 0 Å². The third-order valence-corrected chi connectivity index (χ3v) is 1.98. The van der Waals surface area contributed by atoms with Crippen molar-refractivity contribution in [3.63, 3.8) is 0 Å². The van der Waals surface area contributed by atoms with Crippen LogP contribution in [0.15, 0.2) is 24.3 Å². The van der Waals surface area contributed by atoms with E-state index in [0.29, 0.717) is 13.0 Å². The number of carboxylic acids is 1. The van der Waals surface area contributed by atoms with E-state index in [9.17, 15) is 13.6 Å². The van der Waals surface area contributed by atoms with Gasteiger partial charge in [0.2, 0.25) is 0 Å². The molecule has 0 aliphatic heterocycles. The molecule has 4 nitrogen and oxygen atoms in total. The number of aliphatic carboxylic acids is 1. The zero-order valence-corrected chi connectivity index (χ0v) is 9.03. The number of hydrogen-bond acceptors (Lipinski definition) is 3. The molecular weight excluding hydrogens is 232 g/mol. The Bertz CT molecular complexity index is 354. The highest BCUT2D eigenvalue weighted by atomic mass is 19.3. The largest absolute Gasteiger partial charge is 0.481 e. The fraction of sp³-hybridized carbons (Fsp3) is 0.364. The first-order chi connectivity index (χ1) is 8.08. The van der Waals surface area contributed by atoms with Gasteiger partial charge in [-0.1, -0.05) is 0 Å². The molecule has 17 heavy (non-hydrogen) atoms. The fourth-order valence-corrected chi connectivity index (χ4v) is 1.23. The number of carboxylic acid groups (broad SMARTS) is 1. The van der Waals surface area contributed by atoms with E-state index in [0.717, 1.165) is 5.69 Å². The molecule has 0 aromatic heterocycles. The molecule has 0 radical (unpaired) electrons. The summed E-state index contributed by atoms with van der Waals surface area (Å²) in [4.78, 5) is 10.2. The van der Waals surface area contributed by atoms with E-state index in [4.69, 9.17) is 5.11 Å². The summed E-state index contributed by atoms with van der Waals surface area (Å²) >= 11 is 0. The Hall–Kier alpha value is -1.85. The number of carbonyl (C=O) groups is 1. The Morgan fingerprint density at radius 1 is 1.35 bits per heavy atom. The molecule has 0 atom stereocenters. The summed E-state index contributed by atoms with van der Waals surface area (Å²) in [5.41, 5.74) is 0.733. The van der Waals surface area contributed by atoms with Gasteiger partial charge in [0.1, 0.15) is 5.75 Å². The van der Waals surface area contributed by atoms with Crippen LogP contribution in [0.5, 0.6) is 5.75 Å². The number of hydrogen-bond donors (Lipinski definition) is 2. The zero-order valence-electron chi connectivity index (χ0n) is 9.03. The molecule has 0 spiro atoms. The second kappa shape index (κ2) is 6.67. The van der Waals surface area contributed by atoms with E-state index in [1.807, 2.05) is 0 Å². The second-order valence-corrected chi connectivity index (χ2v) is 3.33. The van der Waals surface area contributed by atoms with Gasteiger partial charge in [0.05, 0.1) is 0 Å². The maximum Gasteiger partial charge on any atom is 0.387 e. The SMILES string of the molecule is O=C(O)CCCNc1ccc(OC(F)F)cc1. The van der Waals surface area contributed by atoms with E-state index in [1.165, 1.54) is 12.1 Å². The van der Waals surface area contributed by atoms with Crippen LogP contribution in [0.1, 0.15) is 12.8 Å². The minimum absolute atomic E-state index is 0.0936. The lowest BCUT2D eigenvalue weighted by Gasteiger charge is -2.07. The minimum Gasteiger partial charge on any atom is -0.481 e. The Morgan fingerprint density at radius 3 is 2.53 bits per heavy atom. The topological polar surface area (TPSA) is 58.6 Å². The van der Waals surface area contributed by atoms with Gasteiger partial charge < -0.3 is 15.2 Å². The Kier molecular flexibility index (Phi) is 5.19. The summed E-state index contributed by atoms with van der Waals surface area (Å²) < 4.78 is 27.9. The maximum atomic E-state index is 11.9. The van der Waals surface area contributed by atoms with Crippen LogP contribution in [-0.2, 0) is 4.79 Å². The smallest absolute Gasteiger partial charge is 0.387 e. The van der Waals surface area contributed by atoms with Gasteiger partial charge in [-0.05, 0) is 30.7 Å². The van der Waals surface area contributed by atoms with Crippen LogP contribution in [0.2, 0.25) is 0 Å². The summed E-state index contributed by atoms with van der Waals surface area (Å²) in [5, 5.41) is 11.4. The van der Waals surface area contributed by atoms with Crippen molar-refractivity contribution >= 4 is 11.7 Å². The van der Waals surface area contributed by atoms with Crippen LogP contribution in [0.3, 0.4) is 0 Å². The first kappa shape index (κ1) is 13.2. The standard InChI is InChI=1S/C11H13F2NO3/c12-11(13)17-9-5-3-8(4-6-9)14-7-1-2-10(15)16/h3-6,11,14H,1-2,7H2,(H,15,16). The third kappa shape index (κ3) is 5.70. The molecule has 0 fully saturated rings. The van der Waals surface area contributed by atoms with Gasteiger partial charge in [-0.15, -0.1) is 0 Å². The molecule has 0 heterocycles. The zero-order chi connectivity index (χ0) is 12.7. The van der Waals surface area contributed by atoms with Crippen LogP contribution in [0.25, 0.3) is 0 Å². The molecule has 1 aromatic carbocycles. The molecule has 94 valence electrons. The number of nitrogens with one attached hydrogen (secondary N) is 1. The molecule has 2 N–H and O–H groups in total.